The minimum absolute atomic E-state index is 0.259. The molecule has 2 heterocycles. The fourth-order valence-corrected chi connectivity index (χ4v) is 3.25. The van der Waals surface area contributed by atoms with Crippen LogP contribution in [0.5, 0.6) is 5.75 Å². The van der Waals surface area contributed by atoms with Crippen LogP contribution in [0.15, 0.2) is 24.3 Å². The molecule has 0 aromatic heterocycles. The van der Waals surface area contributed by atoms with E-state index in [1.54, 1.807) is 31.2 Å². The Bertz CT molecular complexity index is 795. The molecule has 1 saturated heterocycles. The molecule has 2 atom stereocenters. The molecule has 9 heteroatoms. The molecule has 27 heavy (non-hydrogen) atoms. The number of benzene rings is 1. The van der Waals surface area contributed by atoms with E-state index in [9.17, 15) is 19.2 Å². The van der Waals surface area contributed by atoms with E-state index in [0.717, 1.165) is 4.90 Å². The quantitative estimate of drug-likeness (QED) is 0.565. The van der Waals surface area contributed by atoms with E-state index in [0.29, 0.717) is 17.9 Å². The predicted octanol–water partition coefficient (Wildman–Crippen LogP) is 0.284. The number of ether oxygens (including phenoxy) is 2. The van der Waals surface area contributed by atoms with Gasteiger partial charge in [-0.25, -0.2) is 4.79 Å². The van der Waals surface area contributed by atoms with Crippen LogP contribution in [0.25, 0.3) is 0 Å². The Kier molecular flexibility index (Phi) is 5.02. The molecular formula is C18H21N3O6. The van der Waals surface area contributed by atoms with Crippen molar-refractivity contribution in [1.82, 2.24) is 15.5 Å². The first-order chi connectivity index (χ1) is 12.9. The number of hydrogen-bond donors (Lipinski definition) is 2. The van der Waals surface area contributed by atoms with Gasteiger partial charge in [0.25, 0.3) is 11.8 Å². The Morgan fingerprint density at radius 3 is 2.85 bits per heavy atom. The third-order valence-corrected chi connectivity index (χ3v) is 4.57. The number of carbonyl (C=O) groups excluding carboxylic acids is 4. The number of nitrogens with one attached hydrogen (secondary N) is 2. The summed E-state index contributed by atoms with van der Waals surface area (Å²) < 4.78 is 10.6. The van der Waals surface area contributed by atoms with Gasteiger partial charge in [0, 0.05) is 18.5 Å². The first kappa shape index (κ1) is 18.7. The third-order valence-electron chi connectivity index (χ3n) is 4.57. The molecule has 1 aromatic rings. The highest BCUT2D eigenvalue weighted by atomic mass is 16.5. The standard InChI is InChI=1S/C18H21N3O6/c1-3-19-15(23)11(2)27-14(22)10-21-16(24)18(20-17(21)25)8-9-26-13-7-5-4-6-12(13)18/h4-7,11H,3,8-10H2,1-2H3,(H,19,23)(H,20,25)/t11-,18+/m0/s1. The molecule has 2 aliphatic rings. The summed E-state index contributed by atoms with van der Waals surface area (Å²) in [6.45, 7) is 3.25. The summed E-state index contributed by atoms with van der Waals surface area (Å²) in [4.78, 5) is 50.0. The number of hydrogen-bond acceptors (Lipinski definition) is 6. The maximum atomic E-state index is 13.0. The van der Waals surface area contributed by atoms with Gasteiger partial charge in [-0.3, -0.25) is 19.3 Å². The number of imide groups is 1. The van der Waals surface area contributed by atoms with E-state index in [4.69, 9.17) is 9.47 Å². The van der Waals surface area contributed by atoms with Crippen LogP contribution in [0.3, 0.4) is 0 Å². The summed E-state index contributed by atoms with van der Waals surface area (Å²) in [5.74, 6) is -1.30. The van der Waals surface area contributed by atoms with E-state index in [-0.39, 0.29) is 13.0 Å². The van der Waals surface area contributed by atoms with Crippen LogP contribution in [-0.2, 0) is 24.7 Å². The molecule has 144 valence electrons. The van der Waals surface area contributed by atoms with Gasteiger partial charge in [0.1, 0.15) is 12.3 Å². The molecule has 0 unspecified atom stereocenters. The van der Waals surface area contributed by atoms with Gasteiger partial charge < -0.3 is 20.1 Å². The maximum Gasteiger partial charge on any atom is 0.327 e. The van der Waals surface area contributed by atoms with Crippen molar-refractivity contribution in [2.45, 2.75) is 31.9 Å². The fourth-order valence-electron chi connectivity index (χ4n) is 3.25. The Balaban J connectivity index is 1.74. The number of esters is 1. The van der Waals surface area contributed by atoms with Crippen molar-refractivity contribution in [3.63, 3.8) is 0 Å². The maximum absolute atomic E-state index is 13.0. The van der Waals surface area contributed by atoms with Gasteiger partial charge in [-0.2, -0.15) is 0 Å². The lowest BCUT2D eigenvalue weighted by atomic mass is 9.84. The van der Waals surface area contributed by atoms with Crippen molar-refractivity contribution in [2.24, 2.45) is 0 Å². The number of nitrogens with zero attached hydrogens (tertiary/aromatic N) is 1. The second kappa shape index (κ2) is 7.26. The van der Waals surface area contributed by atoms with Crippen molar-refractivity contribution >= 4 is 23.8 Å². The second-order valence-electron chi connectivity index (χ2n) is 6.35. The molecule has 4 amide bonds. The molecule has 0 aliphatic carbocycles. The van der Waals surface area contributed by atoms with Gasteiger partial charge in [0.05, 0.1) is 6.61 Å². The average Bonchev–Trinajstić information content (AvgIpc) is 2.87. The molecule has 2 aliphatic heterocycles. The third kappa shape index (κ3) is 3.32. The van der Waals surface area contributed by atoms with Crippen LogP contribution in [0.2, 0.25) is 0 Å². The van der Waals surface area contributed by atoms with Gasteiger partial charge in [-0.1, -0.05) is 18.2 Å². The fraction of sp³-hybridized carbons (Fsp3) is 0.444. The molecule has 1 aromatic carbocycles. The van der Waals surface area contributed by atoms with Crippen LogP contribution >= 0.6 is 0 Å². The van der Waals surface area contributed by atoms with Crippen LogP contribution < -0.4 is 15.4 Å². The van der Waals surface area contributed by atoms with Crippen LogP contribution in [0.4, 0.5) is 4.79 Å². The van der Waals surface area contributed by atoms with Gasteiger partial charge in [0.2, 0.25) is 0 Å². The number of para-hydroxylation sites is 1. The summed E-state index contributed by atoms with van der Waals surface area (Å²) in [6, 6.07) is 6.28. The molecule has 3 rings (SSSR count). The molecule has 1 spiro atoms. The SMILES string of the molecule is CCNC(=O)[C@H](C)OC(=O)CN1C(=O)N[C@@]2(CCOc3ccccc32)C1=O. The van der Waals surface area contributed by atoms with Crippen molar-refractivity contribution in [3.05, 3.63) is 29.8 Å². The number of amides is 4. The Hall–Kier alpha value is -3.10. The lowest BCUT2D eigenvalue weighted by Crippen LogP contribution is -2.48. The van der Waals surface area contributed by atoms with Crippen molar-refractivity contribution in [3.8, 4) is 5.75 Å². The zero-order chi connectivity index (χ0) is 19.6. The highest BCUT2D eigenvalue weighted by Crippen LogP contribution is 2.40. The zero-order valence-electron chi connectivity index (χ0n) is 15.1. The summed E-state index contributed by atoms with van der Waals surface area (Å²) in [6.07, 6.45) is -0.758. The molecule has 0 bridgehead atoms. The topological polar surface area (TPSA) is 114 Å². The Morgan fingerprint density at radius 1 is 1.37 bits per heavy atom. The summed E-state index contributed by atoms with van der Waals surface area (Å²) >= 11 is 0. The number of urea groups is 1. The number of fused-ring (bicyclic) bond motifs is 2. The molecule has 2 N–H and O–H groups in total. The Labute approximate surface area is 156 Å². The number of carbonyl (C=O) groups is 4. The number of likely N-dealkylation sites (N-methyl/N-ethyl adjacent to an activating group) is 1. The van der Waals surface area contributed by atoms with E-state index in [1.807, 2.05) is 0 Å². The largest absolute Gasteiger partial charge is 0.493 e. The monoisotopic (exact) mass is 375 g/mol. The van der Waals surface area contributed by atoms with Crippen LogP contribution in [0.1, 0.15) is 25.8 Å². The zero-order valence-corrected chi connectivity index (χ0v) is 15.1. The normalized spacial score (nSPS) is 21.9. The smallest absolute Gasteiger partial charge is 0.327 e. The molecule has 0 saturated carbocycles. The molecule has 0 radical (unpaired) electrons. The first-order valence-electron chi connectivity index (χ1n) is 8.72. The van der Waals surface area contributed by atoms with Gasteiger partial charge in [-0.05, 0) is 19.9 Å². The average molecular weight is 375 g/mol. The first-order valence-corrected chi connectivity index (χ1v) is 8.72. The Morgan fingerprint density at radius 2 is 2.11 bits per heavy atom. The lowest BCUT2D eigenvalue weighted by Gasteiger charge is -2.33. The highest BCUT2D eigenvalue weighted by molar-refractivity contribution is 6.09. The molecular weight excluding hydrogens is 354 g/mol. The second-order valence-corrected chi connectivity index (χ2v) is 6.35. The van der Waals surface area contributed by atoms with Crippen LogP contribution in [0, 0.1) is 0 Å². The summed E-state index contributed by atoms with van der Waals surface area (Å²) in [7, 11) is 0. The van der Waals surface area contributed by atoms with Crippen LogP contribution in [-0.4, -0.2) is 54.5 Å². The summed E-state index contributed by atoms with van der Waals surface area (Å²) in [5, 5.41) is 5.23. The van der Waals surface area contributed by atoms with Gasteiger partial charge >= 0.3 is 12.0 Å². The lowest BCUT2D eigenvalue weighted by molar-refractivity contribution is -0.156. The van der Waals surface area contributed by atoms with Crippen molar-refractivity contribution < 1.29 is 28.7 Å². The molecule has 1 fully saturated rings. The van der Waals surface area contributed by atoms with Crippen molar-refractivity contribution in [1.29, 1.82) is 0 Å². The predicted molar refractivity (Wildman–Crippen MR) is 92.7 cm³/mol. The van der Waals surface area contributed by atoms with Crippen molar-refractivity contribution in [2.75, 3.05) is 19.7 Å². The van der Waals surface area contributed by atoms with Gasteiger partial charge in [0.15, 0.2) is 11.6 Å². The highest BCUT2D eigenvalue weighted by Gasteiger charge is 2.55. The minimum Gasteiger partial charge on any atom is -0.493 e. The summed E-state index contributed by atoms with van der Waals surface area (Å²) in [5.41, 5.74) is -0.696. The molecule has 9 nitrogen and oxygen atoms in total. The van der Waals surface area contributed by atoms with E-state index < -0.39 is 42.0 Å². The van der Waals surface area contributed by atoms with E-state index >= 15 is 0 Å². The van der Waals surface area contributed by atoms with E-state index in [1.165, 1.54) is 6.92 Å². The number of rotatable bonds is 5. The van der Waals surface area contributed by atoms with E-state index in [2.05, 4.69) is 10.6 Å². The minimum atomic E-state index is -1.25. The van der Waals surface area contributed by atoms with Gasteiger partial charge in [-0.15, -0.1) is 0 Å².